The number of benzene rings is 1. The Labute approximate surface area is 149 Å². The van der Waals surface area contributed by atoms with Crippen LogP contribution in [0, 0.1) is 11.3 Å². The van der Waals surface area contributed by atoms with Crippen molar-refractivity contribution in [1.82, 2.24) is 10.2 Å². The first-order valence-corrected chi connectivity index (χ1v) is 7.99. The lowest BCUT2D eigenvalue weighted by Gasteiger charge is -2.15. The number of hydrogen-bond donors (Lipinski definition) is 2. The molecule has 2 rings (SSSR count). The Morgan fingerprint density at radius 3 is 2.85 bits per heavy atom. The van der Waals surface area contributed by atoms with Crippen LogP contribution < -0.4 is 10.6 Å². The van der Waals surface area contributed by atoms with Crippen molar-refractivity contribution in [1.29, 1.82) is 5.26 Å². The molecular weight excluding hydrogens is 340 g/mol. The molecule has 1 heterocycles. The normalized spacial score (nSPS) is 14.4. The second-order valence-electron chi connectivity index (χ2n) is 5.62. The fourth-order valence-corrected chi connectivity index (χ4v) is 2.28. The van der Waals surface area contributed by atoms with Gasteiger partial charge in [0.2, 0.25) is 5.91 Å². The largest absolute Gasteiger partial charge is 0.453 e. The van der Waals surface area contributed by atoms with Gasteiger partial charge in [0.25, 0.3) is 5.91 Å². The number of carbonyl (C=O) groups excluding carboxylic acids is 4. The summed E-state index contributed by atoms with van der Waals surface area (Å²) in [7, 11) is 0. The average Bonchev–Trinajstić information content (AvgIpc) is 2.93. The number of carbonyl (C=O) groups is 4. The third-order valence-electron chi connectivity index (χ3n) is 3.64. The molecule has 1 aliphatic rings. The van der Waals surface area contributed by atoms with Crippen LogP contribution >= 0.6 is 0 Å². The summed E-state index contributed by atoms with van der Waals surface area (Å²) in [6, 6.07) is 7.83. The maximum absolute atomic E-state index is 12.0. The smallest absolute Gasteiger partial charge is 0.324 e. The highest BCUT2D eigenvalue weighted by Crippen LogP contribution is 2.11. The van der Waals surface area contributed by atoms with E-state index in [0.717, 1.165) is 4.90 Å². The highest BCUT2D eigenvalue weighted by molar-refractivity contribution is 6.02. The maximum Gasteiger partial charge on any atom is 0.324 e. The predicted octanol–water partition coefficient (Wildman–Crippen LogP) is 0.760. The van der Waals surface area contributed by atoms with Crippen LogP contribution in [0.4, 0.5) is 10.5 Å². The Hall–Kier alpha value is -3.41. The molecule has 26 heavy (non-hydrogen) atoms. The van der Waals surface area contributed by atoms with Gasteiger partial charge in [0.1, 0.15) is 0 Å². The molecule has 9 nitrogen and oxygen atoms in total. The van der Waals surface area contributed by atoms with Crippen LogP contribution in [-0.2, 0) is 19.1 Å². The van der Waals surface area contributed by atoms with Crippen molar-refractivity contribution < 1.29 is 23.9 Å². The van der Waals surface area contributed by atoms with Crippen LogP contribution in [0.25, 0.3) is 0 Å². The number of urea groups is 1. The Morgan fingerprint density at radius 1 is 1.42 bits per heavy atom. The van der Waals surface area contributed by atoms with Gasteiger partial charge in [-0.05, 0) is 31.5 Å². The molecule has 0 spiro atoms. The molecule has 4 amide bonds. The zero-order chi connectivity index (χ0) is 19.1. The van der Waals surface area contributed by atoms with Gasteiger partial charge in [-0.15, -0.1) is 0 Å². The van der Waals surface area contributed by atoms with Gasteiger partial charge in [-0.1, -0.05) is 6.07 Å². The van der Waals surface area contributed by atoms with Gasteiger partial charge < -0.3 is 15.4 Å². The van der Waals surface area contributed by atoms with E-state index in [1.54, 1.807) is 18.2 Å². The summed E-state index contributed by atoms with van der Waals surface area (Å²) >= 11 is 0. The number of esters is 1. The van der Waals surface area contributed by atoms with E-state index in [4.69, 9.17) is 10.00 Å². The number of nitrogens with zero attached hydrogens (tertiary/aromatic N) is 2. The van der Waals surface area contributed by atoms with Gasteiger partial charge in [0.15, 0.2) is 6.10 Å². The molecule has 2 N–H and O–H groups in total. The van der Waals surface area contributed by atoms with Crippen molar-refractivity contribution in [2.75, 3.05) is 18.4 Å². The molecule has 0 saturated carbocycles. The van der Waals surface area contributed by atoms with Crippen LogP contribution in [0.5, 0.6) is 0 Å². The van der Waals surface area contributed by atoms with E-state index < -0.39 is 24.0 Å². The number of nitrogens with one attached hydrogen (secondary N) is 2. The minimum atomic E-state index is -1.02. The van der Waals surface area contributed by atoms with Gasteiger partial charge in [-0.3, -0.25) is 19.3 Å². The average molecular weight is 358 g/mol. The third-order valence-corrected chi connectivity index (χ3v) is 3.64. The zero-order valence-electron chi connectivity index (χ0n) is 14.2. The van der Waals surface area contributed by atoms with Crippen LogP contribution in [0.2, 0.25) is 0 Å². The van der Waals surface area contributed by atoms with E-state index in [0.29, 0.717) is 11.3 Å². The standard InChI is InChI=1S/C17H18N4O5/c1-11(16(24)20-13-5-2-4-12(8-13)9-18)26-15(23)6-3-7-21-14(22)10-19-17(21)25/h2,4-5,8,11H,3,6-7,10H2,1H3,(H,19,25)(H,20,24)/t11-/m0/s1. The molecule has 0 bridgehead atoms. The fourth-order valence-electron chi connectivity index (χ4n) is 2.28. The highest BCUT2D eigenvalue weighted by Gasteiger charge is 2.28. The van der Waals surface area contributed by atoms with Crippen molar-refractivity contribution >= 4 is 29.5 Å². The number of nitriles is 1. The summed E-state index contributed by atoms with van der Waals surface area (Å²) < 4.78 is 5.04. The molecule has 0 unspecified atom stereocenters. The number of rotatable bonds is 7. The molecule has 9 heteroatoms. The molecule has 0 radical (unpaired) electrons. The summed E-state index contributed by atoms with van der Waals surface area (Å²) in [5, 5.41) is 13.8. The summed E-state index contributed by atoms with van der Waals surface area (Å²) in [5.74, 6) is -1.47. The predicted molar refractivity (Wildman–Crippen MR) is 89.7 cm³/mol. The first-order chi connectivity index (χ1) is 12.4. The monoisotopic (exact) mass is 358 g/mol. The molecule has 0 aliphatic carbocycles. The van der Waals surface area contributed by atoms with Crippen LogP contribution in [0.3, 0.4) is 0 Å². The molecule has 1 atom stereocenters. The van der Waals surface area contributed by atoms with Gasteiger partial charge in [0, 0.05) is 18.7 Å². The van der Waals surface area contributed by atoms with Crippen LogP contribution in [-0.4, -0.2) is 47.9 Å². The lowest BCUT2D eigenvalue weighted by Crippen LogP contribution is -2.33. The third kappa shape index (κ3) is 5.04. The maximum atomic E-state index is 12.0. The molecule has 1 fully saturated rings. The van der Waals surface area contributed by atoms with Gasteiger partial charge in [-0.2, -0.15) is 5.26 Å². The summed E-state index contributed by atoms with van der Waals surface area (Å²) in [6.45, 7) is 1.51. The highest BCUT2D eigenvalue weighted by atomic mass is 16.5. The van der Waals surface area contributed by atoms with E-state index in [9.17, 15) is 19.2 Å². The Bertz CT molecular complexity index is 755. The molecule has 136 valence electrons. The number of hydrogen-bond acceptors (Lipinski definition) is 6. The van der Waals surface area contributed by atoms with E-state index in [-0.39, 0.29) is 31.8 Å². The first kappa shape index (κ1) is 18.9. The minimum absolute atomic E-state index is 0.0292. The van der Waals surface area contributed by atoms with Gasteiger partial charge in [0.05, 0.1) is 18.2 Å². The number of amides is 4. The summed E-state index contributed by atoms with van der Waals surface area (Å²) in [5.41, 5.74) is 0.823. The lowest BCUT2D eigenvalue weighted by atomic mass is 10.2. The lowest BCUT2D eigenvalue weighted by molar-refractivity contribution is -0.153. The fraction of sp³-hybridized carbons (Fsp3) is 0.353. The second kappa shape index (κ2) is 8.62. The first-order valence-electron chi connectivity index (χ1n) is 7.99. The Morgan fingerprint density at radius 2 is 2.19 bits per heavy atom. The molecule has 1 aromatic rings. The van der Waals surface area contributed by atoms with Crippen molar-refractivity contribution in [3.63, 3.8) is 0 Å². The minimum Gasteiger partial charge on any atom is -0.453 e. The van der Waals surface area contributed by atoms with E-state index in [2.05, 4.69) is 10.6 Å². The molecular formula is C17H18N4O5. The van der Waals surface area contributed by atoms with Crippen LogP contribution in [0.1, 0.15) is 25.3 Å². The zero-order valence-corrected chi connectivity index (χ0v) is 14.2. The van der Waals surface area contributed by atoms with Crippen LogP contribution in [0.15, 0.2) is 24.3 Å². The van der Waals surface area contributed by atoms with E-state index in [1.165, 1.54) is 13.0 Å². The topological polar surface area (TPSA) is 129 Å². The molecule has 0 aromatic heterocycles. The summed E-state index contributed by atoms with van der Waals surface area (Å²) in [4.78, 5) is 47.6. The van der Waals surface area contributed by atoms with Crippen molar-refractivity contribution in [3.8, 4) is 6.07 Å². The summed E-state index contributed by atoms with van der Waals surface area (Å²) in [6.07, 6.45) is -0.806. The number of imide groups is 1. The Kier molecular flexibility index (Phi) is 6.27. The Balaban J connectivity index is 1.75. The van der Waals surface area contributed by atoms with Gasteiger partial charge >= 0.3 is 12.0 Å². The number of ether oxygens (including phenoxy) is 1. The molecule has 1 aromatic carbocycles. The second-order valence-corrected chi connectivity index (χ2v) is 5.62. The number of anilines is 1. The van der Waals surface area contributed by atoms with Crippen molar-refractivity contribution in [3.05, 3.63) is 29.8 Å². The SMILES string of the molecule is C[C@H](OC(=O)CCCN1C(=O)CNC1=O)C(=O)Nc1cccc(C#N)c1. The van der Waals surface area contributed by atoms with Crippen molar-refractivity contribution in [2.24, 2.45) is 0 Å². The molecule has 1 aliphatic heterocycles. The quantitative estimate of drug-likeness (QED) is 0.547. The van der Waals surface area contributed by atoms with E-state index >= 15 is 0 Å². The van der Waals surface area contributed by atoms with Crippen molar-refractivity contribution in [2.45, 2.75) is 25.9 Å². The van der Waals surface area contributed by atoms with Gasteiger partial charge in [-0.25, -0.2) is 4.79 Å². The molecule has 1 saturated heterocycles. The van der Waals surface area contributed by atoms with E-state index in [1.807, 2.05) is 6.07 Å².